The number of rotatable bonds is 4. The van der Waals surface area contributed by atoms with E-state index in [9.17, 15) is 26.0 Å². The third-order valence-electron chi connectivity index (χ3n) is 2.59. The van der Waals surface area contributed by atoms with Crippen molar-refractivity contribution in [3.8, 4) is 0 Å². The lowest BCUT2D eigenvalue weighted by atomic mass is 10.1. The molecule has 0 saturated carbocycles. The molecular formula is C12H9F4NO2S2. The quantitative estimate of drug-likeness (QED) is 0.868. The minimum absolute atomic E-state index is 0.00915. The Balaban J connectivity index is 2.21. The second-order valence-electron chi connectivity index (χ2n) is 4.06. The fourth-order valence-electron chi connectivity index (χ4n) is 1.55. The van der Waals surface area contributed by atoms with E-state index in [0.29, 0.717) is 18.2 Å². The van der Waals surface area contributed by atoms with E-state index in [0.717, 1.165) is 11.3 Å². The molecule has 0 bridgehead atoms. The molecule has 1 heterocycles. The second-order valence-corrected chi connectivity index (χ2v) is 7.00. The van der Waals surface area contributed by atoms with Crippen LogP contribution in [0.3, 0.4) is 0 Å². The first-order valence-corrected chi connectivity index (χ1v) is 7.95. The average Bonchev–Trinajstić information content (AvgIpc) is 2.91. The summed E-state index contributed by atoms with van der Waals surface area (Å²) >= 11 is 0.952. The molecule has 0 spiro atoms. The van der Waals surface area contributed by atoms with Crippen molar-refractivity contribution >= 4 is 21.4 Å². The normalized spacial score (nSPS) is 12.6. The summed E-state index contributed by atoms with van der Waals surface area (Å²) in [7, 11) is -3.86. The number of hydrogen-bond donors (Lipinski definition) is 1. The van der Waals surface area contributed by atoms with Crippen molar-refractivity contribution in [2.24, 2.45) is 0 Å². The zero-order valence-corrected chi connectivity index (χ0v) is 11.9. The fourth-order valence-corrected chi connectivity index (χ4v) is 3.59. The van der Waals surface area contributed by atoms with Crippen LogP contribution in [0.15, 0.2) is 39.9 Å². The summed E-state index contributed by atoms with van der Waals surface area (Å²) in [5.74, 6) is -0.906. The van der Waals surface area contributed by atoms with Crippen LogP contribution < -0.4 is 4.72 Å². The van der Waals surface area contributed by atoms with Gasteiger partial charge in [-0.1, -0.05) is 6.07 Å². The maximum atomic E-state index is 13.5. The van der Waals surface area contributed by atoms with E-state index in [1.54, 1.807) is 5.38 Å². The first-order chi connectivity index (χ1) is 9.70. The van der Waals surface area contributed by atoms with Crippen LogP contribution in [0, 0.1) is 5.82 Å². The van der Waals surface area contributed by atoms with Crippen molar-refractivity contribution in [2.45, 2.75) is 16.9 Å². The van der Waals surface area contributed by atoms with E-state index < -0.39 is 34.1 Å². The Hall–Kier alpha value is -1.45. The van der Waals surface area contributed by atoms with Gasteiger partial charge in [0.2, 0.25) is 10.0 Å². The summed E-state index contributed by atoms with van der Waals surface area (Å²) in [5, 5.41) is 1.54. The smallest absolute Gasteiger partial charge is 0.207 e. The van der Waals surface area contributed by atoms with Gasteiger partial charge in [-0.25, -0.2) is 17.5 Å². The highest BCUT2D eigenvalue weighted by atomic mass is 32.2. The Labute approximate surface area is 122 Å². The maximum Gasteiger partial charge on any atom is 0.416 e. The number of benzene rings is 1. The largest absolute Gasteiger partial charge is 0.416 e. The van der Waals surface area contributed by atoms with E-state index in [4.69, 9.17) is 0 Å². The van der Waals surface area contributed by atoms with E-state index in [-0.39, 0.29) is 9.77 Å². The van der Waals surface area contributed by atoms with Crippen LogP contribution in [0.1, 0.15) is 11.1 Å². The van der Waals surface area contributed by atoms with Crippen molar-refractivity contribution in [3.63, 3.8) is 0 Å². The number of sulfonamides is 1. The topological polar surface area (TPSA) is 46.2 Å². The fraction of sp³-hybridized carbons (Fsp3) is 0.167. The third-order valence-corrected chi connectivity index (χ3v) is 5.38. The van der Waals surface area contributed by atoms with Crippen LogP contribution in [-0.4, -0.2) is 8.42 Å². The summed E-state index contributed by atoms with van der Waals surface area (Å²) in [6.07, 6.45) is -4.62. The summed E-state index contributed by atoms with van der Waals surface area (Å²) in [4.78, 5) is 0. The number of thiophene rings is 1. The zero-order valence-electron chi connectivity index (χ0n) is 10.3. The van der Waals surface area contributed by atoms with Gasteiger partial charge in [0, 0.05) is 12.1 Å². The monoisotopic (exact) mass is 339 g/mol. The number of halogens is 4. The molecule has 0 amide bonds. The van der Waals surface area contributed by atoms with Gasteiger partial charge in [0.1, 0.15) is 10.0 Å². The Bertz CT molecular complexity index is 724. The Morgan fingerprint density at radius 1 is 1.19 bits per heavy atom. The van der Waals surface area contributed by atoms with Gasteiger partial charge >= 0.3 is 6.18 Å². The van der Waals surface area contributed by atoms with Crippen molar-refractivity contribution in [3.05, 3.63) is 52.7 Å². The number of hydrogen-bond acceptors (Lipinski definition) is 3. The highest BCUT2D eigenvalue weighted by Gasteiger charge is 2.31. The van der Waals surface area contributed by atoms with Crippen molar-refractivity contribution < 1.29 is 26.0 Å². The number of alkyl halides is 3. The van der Waals surface area contributed by atoms with Gasteiger partial charge in [-0.3, -0.25) is 0 Å². The lowest BCUT2D eigenvalue weighted by Gasteiger charge is -2.10. The minimum atomic E-state index is -4.62. The molecule has 0 aliphatic carbocycles. The Kier molecular flexibility index (Phi) is 4.35. The van der Waals surface area contributed by atoms with Gasteiger partial charge < -0.3 is 0 Å². The molecule has 114 valence electrons. The van der Waals surface area contributed by atoms with Gasteiger partial charge in [0.15, 0.2) is 0 Å². The number of nitrogens with one attached hydrogen (secondary N) is 1. The summed E-state index contributed by atoms with van der Waals surface area (Å²) < 4.78 is 76.8. The first-order valence-electron chi connectivity index (χ1n) is 5.59. The predicted octanol–water partition coefficient (Wildman–Crippen LogP) is 3.38. The lowest BCUT2D eigenvalue weighted by Crippen LogP contribution is -2.23. The first kappa shape index (κ1) is 15.9. The maximum absolute atomic E-state index is 13.5. The van der Waals surface area contributed by atoms with Crippen molar-refractivity contribution in [1.82, 2.24) is 4.72 Å². The van der Waals surface area contributed by atoms with Gasteiger partial charge in [0.05, 0.1) is 5.56 Å². The van der Waals surface area contributed by atoms with E-state index >= 15 is 0 Å². The van der Waals surface area contributed by atoms with Crippen LogP contribution in [0.25, 0.3) is 0 Å². The molecule has 0 fully saturated rings. The molecule has 0 unspecified atom stereocenters. The van der Waals surface area contributed by atoms with E-state index in [1.807, 2.05) is 0 Å². The molecule has 9 heteroatoms. The van der Waals surface area contributed by atoms with Gasteiger partial charge in [-0.05, 0) is 29.6 Å². The standard InChI is InChI=1S/C12H9F4NO2S2/c13-10-4-3-9(12(14,15)16)6-8(10)7-17-21(18,19)11-2-1-5-20-11/h1-6,17H,7H2. The van der Waals surface area contributed by atoms with Crippen LogP contribution in [0.4, 0.5) is 17.6 Å². The molecule has 1 N–H and O–H groups in total. The predicted molar refractivity (Wildman–Crippen MR) is 69.7 cm³/mol. The Morgan fingerprint density at radius 3 is 2.48 bits per heavy atom. The molecule has 3 nitrogen and oxygen atoms in total. The molecule has 0 saturated heterocycles. The third kappa shape index (κ3) is 3.80. The summed E-state index contributed by atoms with van der Waals surface area (Å²) in [5.41, 5.74) is -1.40. The lowest BCUT2D eigenvalue weighted by molar-refractivity contribution is -0.137. The molecular weight excluding hydrogens is 330 g/mol. The average molecular weight is 339 g/mol. The minimum Gasteiger partial charge on any atom is -0.207 e. The van der Waals surface area contributed by atoms with Crippen LogP contribution >= 0.6 is 11.3 Å². The van der Waals surface area contributed by atoms with Gasteiger partial charge in [-0.2, -0.15) is 13.2 Å². The molecule has 1 aromatic carbocycles. The Morgan fingerprint density at radius 2 is 1.90 bits per heavy atom. The van der Waals surface area contributed by atoms with Gasteiger partial charge in [0.25, 0.3) is 0 Å². The van der Waals surface area contributed by atoms with Crippen LogP contribution in [-0.2, 0) is 22.7 Å². The summed E-state index contributed by atoms with van der Waals surface area (Å²) in [6, 6.07) is 4.72. The zero-order chi connectivity index (χ0) is 15.7. The van der Waals surface area contributed by atoms with E-state index in [2.05, 4.69) is 4.72 Å². The van der Waals surface area contributed by atoms with Crippen molar-refractivity contribution in [2.75, 3.05) is 0 Å². The second kappa shape index (κ2) is 5.74. The molecule has 0 aliphatic rings. The molecule has 0 radical (unpaired) electrons. The van der Waals surface area contributed by atoms with Gasteiger partial charge in [-0.15, -0.1) is 11.3 Å². The van der Waals surface area contributed by atoms with Crippen LogP contribution in [0.2, 0.25) is 0 Å². The molecule has 0 aliphatic heterocycles. The molecule has 2 rings (SSSR count). The molecule has 0 atom stereocenters. The van der Waals surface area contributed by atoms with E-state index in [1.165, 1.54) is 12.1 Å². The molecule has 21 heavy (non-hydrogen) atoms. The highest BCUT2D eigenvalue weighted by molar-refractivity contribution is 7.91. The molecule has 1 aromatic heterocycles. The van der Waals surface area contributed by atoms with Crippen LogP contribution in [0.5, 0.6) is 0 Å². The summed E-state index contributed by atoms with van der Waals surface area (Å²) in [6.45, 7) is -0.560. The SMILES string of the molecule is O=S(=O)(NCc1cc(C(F)(F)F)ccc1F)c1cccs1. The highest BCUT2D eigenvalue weighted by Crippen LogP contribution is 2.30. The van der Waals surface area contributed by atoms with Crippen molar-refractivity contribution in [1.29, 1.82) is 0 Å². The molecule has 2 aromatic rings.